The zero-order valence-corrected chi connectivity index (χ0v) is 16.2. The first-order valence-corrected chi connectivity index (χ1v) is 9.34. The number of imidazole rings is 1. The molecule has 1 aliphatic rings. The smallest absolute Gasteiger partial charge is 0.251 e. The first-order chi connectivity index (χ1) is 14.5. The number of carbonyl (C=O) groups is 1. The number of ether oxygens (including phenoxy) is 2. The molecule has 1 aliphatic heterocycles. The molecular formula is C21H20F2N4O3. The van der Waals surface area contributed by atoms with Gasteiger partial charge in [0.1, 0.15) is 5.82 Å². The van der Waals surface area contributed by atoms with Crippen LogP contribution in [0.5, 0.6) is 0 Å². The minimum atomic E-state index is -1.10. The van der Waals surface area contributed by atoms with Crippen LogP contribution in [0.2, 0.25) is 0 Å². The number of hydrogen-bond donors (Lipinski definition) is 2. The molecule has 2 N–H and O–H groups in total. The van der Waals surface area contributed by atoms with Crippen LogP contribution >= 0.6 is 0 Å². The van der Waals surface area contributed by atoms with Crippen molar-refractivity contribution in [1.29, 1.82) is 0 Å². The Bertz CT molecular complexity index is 1020. The van der Waals surface area contributed by atoms with Crippen molar-refractivity contribution < 1.29 is 23.0 Å². The third-order valence-electron chi connectivity index (χ3n) is 4.70. The number of amides is 1. The van der Waals surface area contributed by atoms with E-state index in [0.29, 0.717) is 17.2 Å². The van der Waals surface area contributed by atoms with E-state index in [0.717, 1.165) is 11.1 Å². The predicted molar refractivity (Wildman–Crippen MR) is 104 cm³/mol. The van der Waals surface area contributed by atoms with Gasteiger partial charge in [-0.2, -0.15) is 0 Å². The molecule has 1 fully saturated rings. The summed E-state index contributed by atoms with van der Waals surface area (Å²) in [5.74, 6) is -0.628. The summed E-state index contributed by atoms with van der Waals surface area (Å²) in [6.07, 6.45) is 2.52. The molecule has 0 radical (unpaired) electrons. The summed E-state index contributed by atoms with van der Waals surface area (Å²) in [5, 5.41) is 2.55. The molecule has 30 heavy (non-hydrogen) atoms. The number of nitrogens with zero attached hydrogens (tertiary/aromatic N) is 2. The Balaban J connectivity index is 1.62. The minimum Gasteiger partial charge on any atom is -0.344 e. The first-order valence-electron chi connectivity index (χ1n) is 9.34. The van der Waals surface area contributed by atoms with Crippen molar-refractivity contribution in [2.45, 2.75) is 18.8 Å². The second-order valence-corrected chi connectivity index (χ2v) is 7.28. The molecule has 9 heteroatoms. The van der Waals surface area contributed by atoms with Crippen LogP contribution in [0.4, 0.5) is 8.78 Å². The molecule has 3 aromatic rings. The minimum absolute atomic E-state index is 0.126. The van der Waals surface area contributed by atoms with Gasteiger partial charge in [-0.05, 0) is 43.3 Å². The number of pyridine rings is 1. The van der Waals surface area contributed by atoms with Gasteiger partial charge in [0.05, 0.1) is 30.1 Å². The summed E-state index contributed by atoms with van der Waals surface area (Å²) in [6.45, 7) is 0.861. The van der Waals surface area contributed by atoms with E-state index < -0.39 is 24.4 Å². The van der Waals surface area contributed by atoms with E-state index in [1.807, 2.05) is 12.1 Å². The summed E-state index contributed by atoms with van der Waals surface area (Å²) in [6, 6.07) is 9.70. The number of rotatable bonds is 5. The number of hydrogen-bond acceptors (Lipinski definition) is 5. The maximum atomic E-state index is 13.4. The highest BCUT2D eigenvalue weighted by atomic mass is 19.1. The fourth-order valence-corrected chi connectivity index (χ4v) is 3.26. The molecule has 0 bridgehead atoms. The highest BCUT2D eigenvalue weighted by molar-refractivity contribution is 5.78. The lowest BCUT2D eigenvalue weighted by atomic mass is 10.0. The molecule has 0 unspecified atom stereocenters. The average molecular weight is 414 g/mol. The molecular weight excluding hydrogens is 394 g/mol. The van der Waals surface area contributed by atoms with Crippen LogP contribution in [0.15, 0.2) is 48.8 Å². The van der Waals surface area contributed by atoms with Crippen molar-refractivity contribution in [3.8, 4) is 22.5 Å². The standard InChI is InChI=1S/C21H20F2N4O3/c1-21(27-16(28)10-22)11-29-20(30-12-21)19-25-17(13-2-4-15(23)5-3-13)18(26-19)14-6-8-24-9-7-14/h2-9,20H,10-12H2,1H3,(H,25,26)(H,27,28). The van der Waals surface area contributed by atoms with E-state index in [4.69, 9.17) is 9.47 Å². The van der Waals surface area contributed by atoms with Gasteiger partial charge in [-0.1, -0.05) is 0 Å². The second-order valence-electron chi connectivity index (χ2n) is 7.28. The summed E-state index contributed by atoms with van der Waals surface area (Å²) in [4.78, 5) is 23.3. The topological polar surface area (TPSA) is 89.1 Å². The highest BCUT2D eigenvalue weighted by Gasteiger charge is 2.36. The van der Waals surface area contributed by atoms with Gasteiger partial charge in [-0.3, -0.25) is 9.78 Å². The Morgan fingerprint density at radius 1 is 1.17 bits per heavy atom. The monoisotopic (exact) mass is 414 g/mol. The molecule has 4 rings (SSSR count). The normalized spacial score (nSPS) is 21.4. The number of aromatic nitrogens is 3. The van der Waals surface area contributed by atoms with Crippen LogP contribution in [0, 0.1) is 5.82 Å². The molecule has 7 nitrogen and oxygen atoms in total. The van der Waals surface area contributed by atoms with Gasteiger partial charge in [-0.25, -0.2) is 13.8 Å². The predicted octanol–water partition coefficient (Wildman–Crippen LogP) is 3.17. The van der Waals surface area contributed by atoms with Gasteiger partial charge < -0.3 is 19.8 Å². The van der Waals surface area contributed by atoms with Gasteiger partial charge in [0, 0.05) is 23.5 Å². The Labute approximate surface area is 171 Å². The average Bonchev–Trinajstić information content (AvgIpc) is 3.20. The fraction of sp³-hybridized carbons (Fsp3) is 0.286. The molecule has 1 saturated heterocycles. The lowest BCUT2D eigenvalue weighted by Gasteiger charge is -2.37. The second kappa shape index (κ2) is 8.29. The summed E-state index contributed by atoms with van der Waals surface area (Å²) < 4.78 is 37.4. The Hall–Kier alpha value is -3.17. The van der Waals surface area contributed by atoms with Crippen LogP contribution in [-0.2, 0) is 14.3 Å². The number of aromatic amines is 1. The number of benzene rings is 1. The van der Waals surface area contributed by atoms with Crippen LogP contribution in [0.25, 0.3) is 22.5 Å². The van der Waals surface area contributed by atoms with Crippen molar-refractivity contribution >= 4 is 5.91 Å². The molecule has 2 aromatic heterocycles. The molecule has 1 aromatic carbocycles. The van der Waals surface area contributed by atoms with Crippen molar-refractivity contribution in [1.82, 2.24) is 20.3 Å². The zero-order chi connectivity index (χ0) is 21.1. The Kier molecular flexibility index (Phi) is 5.56. The van der Waals surface area contributed by atoms with Gasteiger partial charge in [0.2, 0.25) is 6.29 Å². The maximum Gasteiger partial charge on any atom is 0.251 e. The SMILES string of the molecule is CC1(NC(=O)CF)COC(c2nc(-c3ccncc3)c(-c3ccc(F)cc3)[nH]2)OC1. The Morgan fingerprint density at radius 3 is 2.47 bits per heavy atom. The van der Waals surface area contributed by atoms with Crippen LogP contribution < -0.4 is 5.32 Å². The molecule has 1 amide bonds. The molecule has 156 valence electrons. The highest BCUT2D eigenvalue weighted by Crippen LogP contribution is 2.34. The molecule has 0 aliphatic carbocycles. The van der Waals surface area contributed by atoms with Crippen molar-refractivity contribution in [3.05, 3.63) is 60.4 Å². The van der Waals surface area contributed by atoms with E-state index >= 15 is 0 Å². The third kappa shape index (κ3) is 4.22. The van der Waals surface area contributed by atoms with E-state index in [-0.39, 0.29) is 19.0 Å². The first kappa shape index (κ1) is 20.1. The lowest BCUT2D eigenvalue weighted by molar-refractivity contribution is -0.217. The van der Waals surface area contributed by atoms with Crippen molar-refractivity contribution in [3.63, 3.8) is 0 Å². The van der Waals surface area contributed by atoms with E-state index in [2.05, 4.69) is 20.3 Å². The molecule has 0 spiro atoms. The summed E-state index contributed by atoms with van der Waals surface area (Å²) in [5.41, 5.74) is 2.06. The van der Waals surface area contributed by atoms with Gasteiger partial charge >= 0.3 is 0 Å². The van der Waals surface area contributed by atoms with Gasteiger partial charge in [0.25, 0.3) is 5.91 Å². The van der Waals surface area contributed by atoms with E-state index in [1.165, 1.54) is 12.1 Å². The number of alkyl halides is 1. The fourth-order valence-electron chi connectivity index (χ4n) is 3.26. The van der Waals surface area contributed by atoms with Crippen LogP contribution in [0.1, 0.15) is 19.0 Å². The number of H-pyrrole nitrogens is 1. The Morgan fingerprint density at radius 2 is 1.83 bits per heavy atom. The van der Waals surface area contributed by atoms with E-state index in [9.17, 15) is 13.6 Å². The zero-order valence-electron chi connectivity index (χ0n) is 16.2. The lowest BCUT2D eigenvalue weighted by Crippen LogP contribution is -2.56. The number of nitrogens with one attached hydrogen (secondary N) is 2. The number of carbonyl (C=O) groups excluding carboxylic acids is 1. The molecule has 3 heterocycles. The number of halogens is 2. The van der Waals surface area contributed by atoms with Crippen LogP contribution in [0.3, 0.4) is 0 Å². The quantitative estimate of drug-likeness (QED) is 0.670. The third-order valence-corrected chi connectivity index (χ3v) is 4.70. The summed E-state index contributed by atoms with van der Waals surface area (Å²) >= 11 is 0. The maximum absolute atomic E-state index is 13.4. The van der Waals surface area contributed by atoms with Crippen LogP contribution in [-0.4, -0.2) is 46.3 Å². The summed E-state index contributed by atoms with van der Waals surface area (Å²) in [7, 11) is 0. The largest absolute Gasteiger partial charge is 0.344 e. The molecule has 0 saturated carbocycles. The van der Waals surface area contributed by atoms with Gasteiger partial charge in [-0.15, -0.1) is 0 Å². The van der Waals surface area contributed by atoms with Gasteiger partial charge in [0.15, 0.2) is 12.5 Å². The van der Waals surface area contributed by atoms with Crippen molar-refractivity contribution in [2.24, 2.45) is 0 Å². The van der Waals surface area contributed by atoms with E-state index in [1.54, 1.807) is 31.5 Å². The molecule has 0 atom stereocenters. The van der Waals surface area contributed by atoms with Crippen molar-refractivity contribution in [2.75, 3.05) is 19.9 Å².